The lowest BCUT2D eigenvalue weighted by Gasteiger charge is -2.13. The minimum Gasteiger partial charge on any atom is -0.282 e. The van der Waals surface area contributed by atoms with Crippen LogP contribution in [0.25, 0.3) is 5.69 Å². The number of benzene rings is 1. The highest BCUT2D eigenvalue weighted by Crippen LogP contribution is 2.09. The summed E-state index contributed by atoms with van der Waals surface area (Å²) in [4.78, 5) is 12.1. The standard InChI is InChI=1S/C16H22N2O/c1-3-4-5-9-12-17-14(2)13-16(19)18(17)15-10-7-6-8-11-15/h6-8,10-11,13H,3-5,9,12H2,1-2H3. The van der Waals surface area contributed by atoms with Crippen LogP contribution in [0.3, 0.4) is 0 Å². The fourth-order valence-corrected chi connectivity index (χ4v) is 2.39. The number of hydrogen-bond acceptors (Lipinski definition) is 1. The smallest absolute Gasteiger partial charge is 0.271 e. The fraction of sp³-hybridized carbons (Fsp3) is 0.438. The first-order valence-electron chi connectivity index (χ1n) is 7.09. The monoisotopic (exact) mass is 258 g/mol. The molecule has 2 rings (SSSR count). The lowest BCUT2D eigenvalue weighted by atomic mass is 10.2. The summed E-state index contributed by atoms with van der Waals surface area (Å²) in [7, 11) is 0. The molecule has 0 aliphatic carbocycles. The van der Waals surface area contributed by atoms with Gasteiger partial charge in [0.15, 0.2) is 0 Å². The zero-order chi connectivity index (χ0) is 13.7. The molecule has 0 N–H and O–H groups in total. The number of aryl methyl sites for hydroxylation is 1. The molecule has 0 aliphatic rings. The largest absolute Gasteiger partial charge is 0.282 e. The van der Waals surface area contributed by atoms with Gasteiger partial charge in [0.05, 0.1) is 5.69 Å². The molecule has 0 bridgehead atoms. The average molecular weight is 258 g/mol. The second kappa shape index (κ2) is 6.41. The average Bonchev–Trinajstić information content (AvgIpc) is 2.70. The van der Waals surface area contributed by atoms with Crippen molar-refractivity contribution in [1.29, 1.82) is 0 Å². The Labute approximate surface area is 114 Å². The molecule has 0 saturated heterocycles. The van der Waals surface area contributed by atoms with Gasteiger partial charge in [-0.25, -0.2) is 4.68 Å². The van der Waals surface area contributed by atoms with Crippen LogP contribution in [0, 0.1) is 6.92 Å². The van der Waals surface area contributed by atoms with Gasteiger partial charge >= 0.3 is 0 Å². The van der Waals surface area contributed by atoms with Crippen molar-refractivity contribution < 1.29 is 0 Å². The van der Waals surface area contributed by atoms with Gasteiger partial charge in [-0.3, -0.25) is 9.48 Å². The molecular formula is C16H22N2O. The highest BCUT2D eigenvalue weighted by atomic mass is 16.1. The summed E-state index contributed by atoms with van der Waals surface area (Å²) >= 11 is 0. The summed E-state index contributed by atoms with van der Waals surface area (Å²) in [5.74, 6) is 0. The number of rotatable bonds is 6. The van der Waals surface area contributed by atoms with E-state index in [-0.39, 0.29) is 5.56 Å². The van der Waals surface area contributed by atoms with E-state index < -0.39 is 0 Å². The van der Waals surface area contributed by atoms with Gasteiger partial charge < -0.3 is 0 Å². The maximum atomic E-state index is 12.1. The summed E-state index contributed by atoms with van der Waals surface area (Å²) in [5, 5.41) is 0. The quantitative estimate of drug-likeness (QED) is 0.728. The molecule has 1 aromatic heterocycles. The van der Waals surface area contributed by atoms with Gasteiger partial charge in [-0.05, 0) is 25.5 Å². The van der Waals surface area contributed by atoms with Crippen LogP contribution in [0.15, 0.2) is 41.2 Å². The van der Waals surface area contributed by atoms with E-state index in [4.69, 9.17) is 0 Å². The highest BCUT2D eigenvalue weighted by molar-refractivity contribution is 5.31. The number of nitrogens with zero attached hydrogens (tertiary/aromatic N) is 2. The minimum atomic E-state index is 0.0548. The molecule has 0 atom stereocenters. The molecule has 0 radical (unpaired) electrons. The lowest BCUT2D eigenvalue weighted by molar-refractivity contribution is 0.489. The van der Waals surface area contributed by atoms with Gasteiger partial charge in [0.1, 0.15) is 0 Å². The molecule has 3 heteroatoms. The molecule has 0 aliphatic heterocycles. The Morgan fingerprint density at radius 2 is 1.79 bits per heavy atom. The molecule has 0 saturated carbocycles. The Morgan fingerprint density at radius 1 is 1.05 bits per heavy atom. The molecule has 0 unspecified atom stereocenters. The van der Waals surface area contributed by atoms with E-state index in [1.165, 1.54) is 19.3 Å². The van der Waals surface area contributed by atoms with Crippen LogP contribution < -0.4 is 5.56 Å². The van der Waals surface area contributed by atoms with Gasteiger partial charge in [0.25, 0.3) is 5.56 Å². The second-order valence-electron chi connectivity index (χ2n) is 4.96. The summed E-state index contributed by atoms with van der Waals surface area (Å²) in [6.07, 6.45) is 4.83. The van der Waals surface area contributed by atoms with E-state index >= 15 is 0 Å². The Balaban J connectivity index is 2.26. The van der Waals surface area contributed by atoms with Gasteiger partial charge in [0.2, 0.25) is 0 Å². The molecule has 0 amide bonds. The van der Waals surface area contributed by atoms with Crippen molar-refractivity contribution in [2.75, 3.05) is 0 Å². The number of para-hydroxylation sites is 1. The van der Waals surface area contributed by atoms with Crippen LogP contribution in [0.2, 0.25) is 0 Å². The van der Waals surface area contributed by atoms with Crippen molar-refractivity contribution >= 4 is 0 Å². The Hall–Kier alpha value is -1.77. The predicted molar refractivity (Wildman–Crippen MR) is 78.9 cm³/mol. The van der Waals surface area contributed by atoms with E-state index in [1.807, 2.05) is 37.3 Å². The number of unbranched alkanes of at least 4 members (excludes halogenated alkanes) is 3. The zero-order valence-corrected chi connectivity index (χ0v) is 11.8. The summed E-state index contributed by atoms with van der Waals surface area (Å²) < 4.78 is 3.87. The maximum absolute atomic E-state index is 12.1. The molecule has 0 spiro atoms. The number of hydrogen-bond donors (Lipinski definition) is 0. The predicted octanol–water partition coefficient (Wildman–Crippen LogP) is 3.53. The first kappa shape index (κ1) is 13.7. The van der Waals surface area contributed by atoms with E-state index in [0.29, 0.717) is 0 Å². The van der Waals surface area contributed by atoms with E-state index in [9.17, 15) is 4.79 Å². The van der Waals surface area contributed by atoms with Crippen molar-refractivity contribution in [3.8, 4) is 5.69 Å². The van der Waals surface area contributed by atoms with Crippen LogP contribution >= 0.6 is 0 Å². The third-order valence-corrected chi connectivity index (χ3v) is 3.41. The topological polar surface area (TPSA) is 26.9 Å². The van der Waals surface area contributed by atoms with Crippen LogP contribution in [0.4, 0.5) is 0 Å². The van der Waals surface area contributed by atoms with Crippen LogP contribution in [0.5, 0.6) is 0 Å². The van der Waals surface area contributed by atoms with Crippen molar-refractivity contribution in [3.05, 3.63) is 52.4 Å². The van der Waals surface area contributed by atoms with Crippen molar-refractivity contribution in [1.82, 2.24) is 9.36 Å². The van der Waals surface area contributed by atoms with Crippen molar-refractivity contribution in [2.24, 2.45) is 0 Å². The molecule has 2 aromatic rings. The SMILES string of the molecule is CCCCCCn1c(C)cc(=O)n1-c1ccccc1. The van der Waals surface area contributed by atoms with Gasteiger partial charge in [0, 0.05) is 18.3 Å². The normalized spacial score (nSPS) is 10.8. The van der Waals surface area contributed by atoms with Gasteiger partial charge in [-0.2, -0.15) is 0 Å². The molecular weight excluding hydrogens is 236 g/mol. The second-order valence-corrected chi connectivity index (χ2v) is 4.96. The highest BCUT2D eigenvalue weighted by Gasteiger charge is 2.09. The fourth-order valence-electron chi connectivity index (χ4n) is 2.39. The summed E-state index contributed by atoms with van der Waals surface area (Å²) in [5.41, 5.74) is 2.03. The third kappa shape index (κ3) is 3.16. The molecule has 3 nitrogen and oxygen atoms in total. The molecule has 1 heterocycles. The van der Waals surface area contributed by atoms with Crippen LogP contribution in [0.1, 0.15) is 38.3 Å². The first-order valence-corrected chi connectivity index (χ1v) is 7.09. The molecule has 102 valence electrons. The summed E-state index contributed by atoms with van der Waals surface area (Å²) in [6, 6.07) is 11.6. The van der Waals surface area contributed by atoms with Crippen LogP contribution in [-0.4, -0.2) is 9.36 Å². The Morgan fingerprint density at radius 3 is 2.47 bits per heavy atom. The van der Waals surface area contributed by atoms with E-state index in [1.54, 1.807) is 10.7 Å². The molecule has 0 fully saturated rings. The molecule has 1 aromatic carbocycles. The van der Waals surface area contributed by atoms with Crippen molar-refractivity contribution in [3.63, 3.8) is 0 Å². The van der Waals surface area contributed by atoms with Crippen molar-refractivity contribution in [2.45, 2.75) is 46.1 Å². The van der Waals surface area contributed by atoms with E-state index in [2.05, 4.69) is 11.6 Å². The third-order valence-electron chi connectivity index (χ3n) is 3.41. The van der Waals surface area contributed by atoms with Gasteiger partial charge in [-0.1, -0.05) is 44.4 Å². The summed E-state index contributed by atoms with van der Waals surface area (Å²) in [6.45, 7) is 5.12. The molecule has 19 heavy (non-hydrogen) atoms. The Kier molecular flexibility index (Phi) is 4.61. The minimum absolute atomic E-state index is 0.0548. The first-order chi connectivity index (χ1) is 9.24. The number of aromatic nitrogens is 2. The maximum Gasteiger partial charge on any atom is 0.271 e. The van der Waals surface area contributed by atoms with Crippen LogP contribution in [-0.2, 0) is 6.54 Å². The van der Waals surface area contributed by atoms with E-state index in [0.717, 1.165) is 24.3 Å². The lowest BCUT2D eigenvalue weighted by Crippen LogP contribution is -2.21. The zero-order valence-electron chi connectivity index (χ0n) is 11.8. The van der Waals surface area contributed by atoms with Gasteiger partial charge in [-0.15, -0.1) is 0 Å². The Bertz CT molecular complexity index is 566.